The first-order valence-corrected chi connectivity index (χ1v) is 10.4. The molecule has 4 rings (SSSR count). The van der Waals surface area contributed by atoms with Gasteiger partial charge in [0.25, 0.3) is 0 Å². The van der Waals surface area contributed by atoms with E-state index < -0.39 is 6.16 Å². The molecular weight excluding hydrogens is 390 g/mol. The molecule has 0 aliphatic carbocycles. The van der Waals surface area contributed by atoms with Gasteiger partial charge in [0, 0.05) is 28.0 Å². The molecule has 6 heteroatoms. The van der Waals surface area contributed by atoms with E-state index in [0.29, 0.717) is 16.1 Å². The molecule has 0 bridgehead atoms. The van der Waals surface area contributed by atoms with Crippen LogP contribution in [0.1, 0.15) is 36.8 Å². The van der Waals surface area contributed by atoms with Gasteiger partial charge in [0.15, 0.2) is 0 Å². The Morgan fingerprint density at radius 1 is 1.10 bits per heavy atom. The lowest BCUT2D eigenvalue weighted by Gasteiger charge is -2.29. The van der Waals surface area contributed by atoms with Crippen molar-refractivity contribution in [3.8, 4) is 11.5 Å². The van der Waals surface area contributed by atoms with Crippen LogP contribution in [0.3, 0.4) is 0 Å². The molecule has 1 saturated heterocycles. The molecule has 0 amide bonds. The lowest BCUT2D eigenvalue weighted by molar-refractivity contribution is -0.915. The minimum absolute atomic E-state index is 0.229. The molecule has 0 saturated carbocycles. The van der Waals surface area contributed by atoms with Gasteiger partial charge in [0.05, 0.1) is 26.7 Å². The molecule has 0 aromatic heterocycles. The van der Waals surface area contributed by atoms with Gasteiger partial charge in [0.2, 0.25) is 6.73 Å². The largest absolute Gasteiger partial charge is 0.512 e. The minimum Gasteiger partial charge on any atom is -0.457 e. The number of carbonyl (C=O) groups excluding carboxylic acids is 1. The summed E-state index contributed by atoms with van der Waals surface area (Å²) >= 11 is 6.32. The third-order valence-electron chi connectivity index (χ3n) is 5.70. The molecular formula is C23H27ClNO4+. The van der Waals surface area contributed by atoms with Crippen molar-refractivity contribution in [2.45, 2.75) is 25.7 Å². The highest BCUT2D eigenvalue weighted by atomic mass is 35.5. The highest BCUT2D eigenvalue weighted by Crippen LogP contribution is 2.51. The maximum absolute atomic E-state index is 12.0. The van der Waals surface area contributed by atoms with E-state index in [4.69, 9.17) is 25.8 Å². The van der Waals surface area contributed by atoms with E-state index in [-0.39, 0.29) is 24.5 Å². The molecule has 2 aliphatic rings. The highest BCUT2D eigenvalue weighted by Gasteiger charge is 2.48. The number of quaternary nitrogens is 1. The Hall–Kier alpha value is -2.24. The molecule has 154 valence electrons. The first-order chi connectivity index (χ1) is 13.8. The summed E-state index contributed by atoms with van der Waals surface area (Å²) < 4.78 is 17.5. The predicted molar refractivity (Wildman–Crippen MR) is 112 cm³/mol. The van der Waals surface area contributed by atoms with Gasteiger partial charge in [-0.1, -0.05) is 43.6 Å². The smallest absolute Gasteiger partial charge is 0.457 e. The molecule has 2 aromatic rings. The van der Waals surface area contributed by atoms with Crippen LogP contribution < -0.4 is 4.74 Å². The number of nitrogens with zero attached hydrogens (tertiary/aromatic N) is 1. The third-order valence-corrected chi connectivity index (χ3v) is 5.93. The number of hydrogen-bond acceptors (Lipinski definition) is 4. The Balaban J connectivity index is 1.59. The first-order valence-electron chi connectivity index (χ1n) is 10.0. The predicted octanol–water partition coefficient (Wildman–Crippen LogP) is 5.54. The monoisotopic (exact) mass is 416 g/mol. The second kappa shape index (κ2) is 7.88. The number of likely N-dealkylation sites (N-methyl/N-ethyl adjacent to an activating group) is 1. The van der Waals surface area contributed by atoms with Crippen molar-refractivity contribution in [2.75, 3.05) is 33.5 Å². The second-order valence-electron chi connectivity index (χ2n) is 8.75. The maximum Gasteiger partial charge on any atom is 0.512 e. The van der Waals surface area contributed by atoms with Gasteiger partial charge in [-0.25, -0.2) is 4.79 Å². The van der Waals surface area contributed by atoms with Gasteiger partial charge in [0.1, 0.15) is 11.5 Å². The summed E-state index contributed by atoms with van der Waals surface area (Å²) in [5, 5.41) is 0.701. The van der Waals surface area contributed by atoms with E-state index in [0.717, 1.165) is 30.2 Å². The summed E-state index contributed by atoms with van der Waals surface area (Å²) in [6.45, 7) is 6.31. The molecule has 29 heavy (non-hydrogen) atoms. The normalized spacial score (nSPS) is 24.7. The SMILES string of the molecule is CC(C)COC(=O)OC[N+]1(C)CC2c3ccccc3Oc3ccc(Cl)cc3C2C1. The molecule has 2 aromatic carbocycles. The molecule has 2 aliphatic heterocycles. The van der Waals surface area contributed by atoms with Crippen LogP contribution in [0.4, 0.5) is 4.79 Å². The van der Waals surface area contributed by atoms with Crippen LogP contribution >= 0.6 is 11.6 Å². The van der Waals surface area contributed by atoms with Gasteiger partial charge in [-0.2, -0.15) is 0 Å². The van der Waals surface area contributed by atoms with E-state index in [1.807, 2.05) is 50.2 Å². The lowest BCUT2D eigenvalue weighted by atomic mass is 9.84. The van der Waals surface area contributed by atoms with Crippen molar-refractivity contribution in [3.63, 3.8) is 0 Å². The summed E-state index contributed by atoms with van der Waals surface area (Å²) in [6.07, 6.45) is -0.600. The van der Waals surface area contributed by atoms with Crippen LogP contribution in [0.25, 0.3) is 0 Å². The van der Waals surface area contributed by atoms with E-state index in [9.17, 15) is 4.79 Å². The van der Waals surface area contributed by atoms with Crippen LogP contribution in [0.5, 0.6) is 11.5 Å². The van der Waals surface area contributed by atoms with Crippen LogP contribution in [0, 0.1) is 5.92 Å². The van der Waals surface area contributed by atoms with Crippen molar-refractivity contribution in [1.29, 1.82) is 0 Å². The molecule has 3 atom stereocenters. The van der Waals surface area contributed by atoms with Crippen LogP contribution in [-0.2, 0) is 9.47 Å². The highest BCUT2D eigenvalue weighted by molar-refractivity contribution is 6.30. The standard InChI is InChI=1S/C23H27ClNO4/c1-15(2)13-27-23(26)28-14-25(3)11-19-17-6-4-5-7-21(17)29-22-9-8-16(24)10-18(22)20(19)12-25/h4-10,15,19-20H,11-14H2,1-3H3/q+1. The summed E-state index contributed by atoms with van der Waals surface area (Å²) in [7, 11) is 2.12. The molecule has 0 spiro atoms. The zero-order chi connectivity index (χ0) is 20.6. The molecule has 0 radical (unpaired) electrons. The Morgan fingerprint density at radius 3 is 2.55 bits per heavy atom. The Labute approximate surface area is 176 Å². The molecule has 2 heterocycles. The summed E-state index contributed by atoms with van der Waals surface area (Å²) in [5.74, 6) is 2.50. The number of rotatable bonds is 4. The minimum atomic E-state index is -0.600. The molecule has 1 fully saturated rings. The number of likely N-dealkylation sites (tertiary alicyclic amines) is 1. The quantitative estimate of drug-likeness (QED) is 0.485. The van der Waals surface area contributed by atoms with Crippen LogP contribution in [0.15, 0.2) is 42.5 Å². The van der Waals surface area contributed by atoms with Gasteiger partial charge in [-0.05, 0) is 30.2 Å². The lowest BCUT2D eigenvalue weighted by Crippen LogP contribution is -2.44. The fourth-order valence-electron chi connectivity index (χ4n) is 4.40. The average Bonchev–Trinajstić information content (AvgIpc) is 2.99. The van der Waals surface area contributed by atoms with Crippen molar-refractivity contribution in [2.24, 2.45) is 5.92 Å². The van der Waals surface area contributed by atoms with Crippen molar-refractivity contribution >= 4 is 17.8 Å². The van der Waals surface area contributed by atoms with Gasteiger partial charge in [-0.15, -0.1) is 0 Å². The number of benzene rings is 2. The molecule has 5 nitrogen and oxygen atoms in total. The first kappa shape index (κ1) is 20.0. The van der Waals surface area contributed by atoms with Gasteiger partial charge in [-0.3, -0.25) is 4.48 Å². The zero-order valence-corrected chi connectivity index (χ0v) is 17.8. The van der Waals surface area contributed by atoms with Crippen molar-refractivity contribution in [3.05, 3.63) is 58.6 Å². The summed E-state index contributed by atoms with van der Waals surface area (Å²) in [6, 6.07) is 14.0. The number of fused-ring (bicyclic) bond motifs is 5. The number of para-hydroxylation sites is 1. The Kier molecular flexibility index (Phi) is 5.45. The number of ether oxygens (including phenoxy) is 3. The van der Waals surface area contributed by atoms with E-state index >= 15 is 0 Å². The second-order valence-corrected chi connectivity index (χ2v) is 9.18. The Morgan fingerprint density at radius 2 is 1.79 bits per heavy atom. The topological polar surface area (TPSA) is 44.8 Å². The average molecular weight is 417 g/mol. The van der Waals surface area contributed by atoms with E-state index in [1.165, 1.54) is 5.56 Å². The molecule has 3 unspecified atom stereocenters. The number of halogens is 1. The summed E-state index contributed by atoms with van der Waals surface area (Å²) in [4.78, 5) is 12.0. The van der Waals surface area contributed by atoms with Gasteiger partial charge < -0.3 is 14.2 Å². The molecule has 0 N–H and O–H groups in total. The van der Waals surface area contributed by atoms with Crippen LogP contribution in [0.2, 0.25) is 5.02 Å². The van der Waals surface area contributed by atoms with Crippen LogP contribution in [-0.4, -0.2) is 44.1 Å². The Bertz CT molecular complexity index is 916. The number of carbonyl (C=O) groups is 1. The van der Waals surface area contributed by atoms with E-state index in [2.05, 4.69) is 13.1 Å². The van der Waals surface area contributed by atoms with Crippen molar-refractivity contribution in [1.82, 2.24) is 0 Å². The number of hydrogen-bond donors (Lipinski definition) is 0. The van der Waals surface area contributed by atoms with E-state index in [1.54, 1.807) is 0 Å². The van der Waals surface area contributed by atoms with Gasteiger partial charge >= 0.3 is 6.16 Å². The summed E-state index contributed by atoms with van der Waals surface area (Å²) in [5.41, 5.74) is 2.30. The fourth-order valence-corrected chi connectivity index (χ4v) is 4.58. The zero-order valence-electron chi connectivity index (χ0n) is 17.1. The maximum atomic E-state index is 12.0. The fraction of sp³-hybridized carbons (Fsp3) is 0.435. The van der Waals surface area contributed by atoms with Crippen molar-refractivity contribution < 1.29 is 23.5 Å². The third kappa shape index (κ3) is 4.21.